The van der Waals surface area contributed by atoms with Crippen molar-refractivity contribution in [3.63, 3.8) is 0 Å². The Hall–Kier alpha value is -4.02. The molecule has 3 N–H and O–H groups in total. The van der Waals surface area contributed by atoms with E-state index in [9.17, 15) is 14.7 Å². The molecule has 1 fully saturated rings. The number of ether oxygens (including phenoxy) is 2. The minimum absolute atomic E-state index is 0.0118. The van der Waals surface area contributed by atoms with E-state index in [2.05, 4.69) is 22.5 Å². The lowest BCUT2D eigenvalue weighted by atomic mass is 9.91. The van der Waals surface area contributed by atoms with Gasteiger partial charge >= 0.3 is 0 Å². The van der Waals surface area contributed by atoms with E-state index < -0.39 is 6.29 Å². The summed E-state index contributed by atoms with van der Waals surface area (Å²) in [7, 11) is 0. The van der Waals surface area contributed by atoms with E-state index in [1.165, 1.54) is 6.92 Å². The van der Waals surface area contributed by atoms with E-state index in [-0.39, 0.29) is 36.5 Å². The average molecular weight is 598 g/mol. The highest BCUT2D eigenvalue weighted by molar-refractivity contribution is 7.99. The Bertz CT molecular complexity index is 1500. The zero-order chi connectivity index (χ0) is 30.2. The number of carbonyl (C=O) groups is 2. The number of rotatable bonds is 10. The molecule has 2 amide bonds. The molecule has 8 nitrogen and oxygen atoms in total. The summed E-state index contributed by atoms with van der Waals surface area (Å²) in [4.78, 5) is 28.8. The number of aliphatic hydroxyl groups excluding tert-OH is 1. The number of aliphatic hydroxyl groups is 1. The molecule has 1 aromatic heterocycles. The number of carbonyl (C=O) groups excluding carboxylic acids is 2. The standard InChI is InChI=1S/C34H35N3O5S/c1-22-31(21-43-30-15-13-29(14-16-30)37-23(2)39)41-34(42-32(22)26-9-7-25(20-38)8-10-26)27-11-5-24(6-12-27)18-36-33(40)28-4-3-17-35-19-28/h3-17,19,22,31-32,34,38H,18,20-21H2,1-2H3,(H,36,40)(H,37,39)/t22-,31+,32+,34+/m1/s1. The minimum atomic E-state index is -0.578. The molecule has 4 atom stereocenters. The van der Waals surface area contributed by atoms with Gasteiger partial charge in [0.15, 0.2) is 6.29 Å². The van der Waals surface area contributed by atoms with Crippen molar-refractivity contribution in [1.29, 1.82) is 0 Å². The van der Waals surface area contributed by atoms with Crippen LogP contribution in [0.4, 0.5) is 5.69 Å². The molecule has 0 aliphatic carbocycles. The average Bonchev–Trinajstić information content (AvgIpc) is 3.04. The number of aromatic nitrogens is 1. The van der Waals surface area contributed by atoms with Crippen LogP contribution in [-0.2, 0) is 27.4 Å². The van der Waals surface area contributed by atoms with Crippen LogP contribution in [-0.4, -0.2) is 33.8 Å². The third-order valence-corrected chi connectivity index (χ3v) is 8.44. The molecule has 0 radical (unpaired) electrons. The Balaban J connectivity index is 1.29. The second kappa shape index (κ2) is 14.4. The van der Waals surface area contributed by atoms with Crippen LogP contribution in [0.5, 0.6) is 0 Å². The molecule has 0 spiro atoms. The van der Waals surface area contributed by atoms with Gasteiger partial charge in [0.1, 0.15) is 0 Å². The normalized spacial score (nSPS) is 19.9. The molecule has 5 rings (SSSR count). The number of pyridine rings is 1. The number of anilines is 1. The van der Waals surface area contributed by atoms with Gasteiger partial charge in [-0.05, 0) is 53.1 Å². The van der Waals surface area contributed by atoms with Gasteiger partial charge in [-0.3, -0.25) is 14.6 Å². The molecular weight excluding hydrogens is 562 g/mol. The minimum Gasteiger partial charge on any atom is -0.392 e. The van der Waals surface area contributed by atoms with Gasteiger partial charge in [0.25, 0.3) is 5.91 Å². The van der Waals surface area contributed by atoms with Crippen LogP contribution in [0.1, 0.15) is 58.9 Å². The molecule has 4 aromatic rings. The van der Waals surface area contributed by atoms with Gasteiger partial charge < -0.3 is 25.2 Å². The molecule has 222 valence electrons. The maximum absolute atomic E-state index is 12.4. The van der Waals surface area contributed by atoms with Crippen LogP contribution < -0.4 is 10.6 Å². The van der Waals surface area contributed by atoms with E-state index in [4.69, 9.17) is 9.47 Å². The molecule has 1 aliphatic rings. The number of amides is 2. The fraction of sp³-hybridized carbons (Fsp3) is 0.265. The maximum atomic E-state index is 12.4. The first-order valence-corrected chi connectivity index (χ1v) is 15.2. The molecule has 1 aliphatic heterocycles. The quantitative estimate of drug-likeness (QED) is 0.191. The summed E-state index contributed by atoms with van der Waals surface area (Å²) in [5, 5.41) is 15.2. The zero-order valence-electron chi connectivity index (χ0n) is 24.1. The predicted octanol–water partition coefficient (Wildman–Crippen LogP) is 6.05. The first kappa shape index (κ1) is 30.4. The van der Waals surface area contributed by atoms with Crippen molar-refractivity contribution >= 4 is 29.3 Å². The van der Waals surface area contributed by atoms with E-state index in [0.717, 1.165) is 32.8 Å². The van der Waals surface area contributed by atoms with Gasteiger partial charge in [-0.2, -0.15) is 0 Å². The maximum Gasteiger partial charge on any atom is 0.253 e. The van der Waals surface area contributed by atoms with Crippen molar-refractivity contribution in [2.75, 3.05) is 11.1 Å². The first-order valence-electron chi connectivity index (χ1n) is 14.2. The number of hydrogen-bond acceptors (Lipinski definition) is 7. The summed E-state index contributed by atoms with van der Waals surface area (Å²) in [6, 6.07) is 27.0. The van der Waals surface area contributed by atoms with Crippen molar-refractivity contribution in [3.05, 3.63) is 125 Å². The Kier molecular flexibility index (Phi) is 10.2. The fourth-order valence-corrected chi connectivity index (χ4v) is 5.97. The molecule has 0 bridgehead atoms. The summed E-state index contributed by atoms with van der Waals surface area (Å²) in [5.41, 5.74) is 5.00. The van der Waals surface area contributed by atoms with Crippen LogP contribution in [0.25, 0.3) is 0 Å². The molecule has 1 saturated heterocycles. The first-order chi connectivity index (χ1) is 20.9. The number of hydrogen-bond donors (Lipinski definition) is 3. The Morgan fingerprint density at radius 3 is 2.26 bits per heavy atom. The summed E-state index contributed by atoms with van der Waals surface area (Å²) < 4.78 is 13.1. The zero-order valence-corrected chi connectivity index (χ0v) is 24.9. The predicted molar refractivity (Wildman–Crippen MR) is 166 cm³/mol. The van der Waals surface area contributed by atoms with Gasteiger partial charge in [0, 0.05) is 53.7 Å². The molecule has 9 heteroatoms. The number of thioether (sulfide) groups is 1. The van der Waals surface area contributed by atoms with Gasteiger partial charge in [0.05, 0.1) is 24.4 Å². The van der Waals surface area contributed by atoms with Crippen molar-refractivity contribution in [2.45, 2.75) is 50.4 Å². The summed E-state index contributed by atoms with van der Waals surface area (Å²) in [6.07, 6.45) is 2.28. The van der Waals surface area contributed by atoms with Crippen molar-refractivity contribution in [2.24, 2.45) is 5.92 Å². The lowest BCUT2D eigenvalue weighted by Crippen LogP contribution is -2.38. The molecule has 43 heavy (non-hydrogen) atoms. The molecule has 0 saturated carbocycles. The SMILES string of the molecule is CC(=O)Nc1ccc(SC[C@@H]2O[C@H](c3ccc(CNC(=O)c4cccnc4)cc3)O[C@H](c3ccc(CO)cc3)[C@@H]2C)cc1. The van der Waals surface area contributed by atoms with Crippen molar-refractivity contribution < 1.29 is 24.2 Å². The highest BCUT2D eigenvalue weighted by Crippen LogP contribution is 2.43. The van der Waals surface area contributed by atoms with E-state index in [1.807, 2.05) is 72.8 Å². The second-order valence-electron chi connectivity index (χ2n) is 10.5. The Morgan fingerprint density at radius 1 is 0.907 bits per heavy atom. The van der Waals surface area contributed by atoms with Gasteiger partial charge in [-0.25, -0.2) is 0 Å². The van der Waals surface area contributed by atoms with E-state index >= 15 is 0 Å². The summed E-state index contributed by atoms with van der Waals surface area (Å²) >= 11 is 1.70. The van der Waals surface area contributed by atoms with E-state index in [0.29, 0.717) is 17.9 Å². The molecule has 2 heterocycles. The topological polar surface area (TPSA) is 110 Å². The van der Waals surface area contributed by atoms with Gasteiger partial charge in [-0.15, -0.1) is 11.8 Å². The monoisotopic (exact) mass is 597 g/mol. The number of nitrogens with zero attached hydrogens (tertiary/aromatic N) is 1. The molecule has 3 aromatic carbocycles. The van der Waals surface area contributed by atoms with Crippen LogP contribution in [0.2, 0.25) is 0 Å². The summed E-state index contributed by atoms with van der Waals surface area (Å²) in [5.74, 6) is 0.496. The van der Waals surface area contributed by atoms with Crippen LogP contribution >= 0.6 is 11.8 Å². The third kappa shape index (κ3) is 8.09. The molecular formula is C34H35N3O5S. The van der Waals surface area contributed by atoms with Crippen molar-refractivity contribution in [3.8, 4) is 0 Å². The van der Waals surface area contributed by atoms with Crippen molar-refractivity contribution in [1.82, 2.24) is 10.3 Å². The highest BCUT2D eigenvalue weighted by atomic mass is 32.2. The second-order valence-corrected chi connectivity index (χ2v) is 11.6. The number of nitrogens with one attached hydrogen (secondary N) is 2. The van der Waals surface area contributed by atoms with Gasteiger partial charge in [-0.1, -0.05) is 55.5 Å². The molecule has 0 unspecified atom stereocenters. The lowest BCUT2D eigenvalue weighted by molar-refractivity contribution is -0.268. The Morgan fingerprint density at radius 2 is 1.60 bits per heavy atom. The van der Waals surface area contributed by atoms with Crippen LogP contribution in [0.3, 0.4) is 0 Å². The highest BCUT2D eigenvalue weighted by Gasteiger charge is 2.38. The van der Waals surface area contributed by atoms with Crippen LogP contribution in [0.15, 0.2) is 102 Å². The number of benzene rings is 3. The summed E-state index contributed by atoms with van der Waals surface area (Å²) in [6.45, 7) is 4.01. The Labute approximate surface area is 255 Å². The smallest absolute Gasteiger partial charge is 0.253 e. The fourth-order valence-electron chi connectivity index (χ4n) is 4.90. The van der Waals surface area contributed by atoms with Crippen LogP contribution in [0, 0.1) is 5.92 Å². The van der Waals surface area contributed by atoms with E-state index in [1.54, 1.807) is 36.3 Å². The third-order valence-electron chi connectivity index (χ3n) is 7.34. The van der Waals surface area contributed by atoms with Gasteiger partial charge in [0.2, 0.25) is 5.91 Å². The largest absolute Gasteiger partial charge is 0.392 e. The lowest BCUT2D eigenvalue weighted by Gasteiger charge is -2.41.